The minimum atomic E-state index is -0.159. The first-order valence-corrected chi connectivity index (χ1v) is 9.21. The molecule has 1 amide bonds. The highest BCUT2D eigenvalue weighted by Gasteiger charge is 2.23. The third-order valence-electron chi connectivity index (χ3n) is 5.07. The summed E-state index contributed by atoms with van der Waals surface area (Å²) < 4.78 is 0. The van der Waals surface area contributed by atoms with Gasteiger partial charge in [-0.05, 0) is 31.9 Å². The van der Waals surface area contributed by atoms with Gasteiger partial charge < -0.3 is 15.1 Å². The van der Waals surface area contributed by atoms with E-state index in [1.165, 1.54) is 0 Å². The van der Waals surface area contributed by atoms with Crippen LogP contribution in [-0.2, 0) is 13.2 Å². The van der Waals surface area contributed by atoms with E-state index < -0.39 is 0 Å². The number of nitrogens with zero attached hydrogens (tertiary/aromatic N) is 4. The lowest BCUT2D eigenvalue weighted by Gasteiger charge is -2.23. The molecule has 7 nitrogen and oxygen atoms in total. The Balaban J connectivity index is 1.70. The van der Waals surface area contributed by atoms with E-state index in [-0.39, 0.29) is 18.3 Å². The lowest BCUT2D eigenvalue weighted by molar-refractivity contribution is 0.0754. The van der Waals surface area contributed by atoms with Crippen molar-refractivity contribution in [2.75, 3.05) is 26.2 Å². The molecule has 7 heteroatoms. The molecule has 0 bridgehead atoms. The van der Waals surface area contributed by atoms with Gasteiger partial charge in [0, 0.05) is 56.2 Å². The van der Waals surface area contributed by atoms with Crippen LogP contribution in [0.5, 0.6) is 5.75 Å². The molecule has 27 heavy (non-hydrogen) atoms. The molecule has 1 aliphatic heterocycles. The molecule has 1 aliphatic rings. The molecule has 1 saturated heterocycles. The molecular formula is C20H26N4O3. The van der Waals surface area contributed by atoms with Crippen LogP contribution in [0.15, 0.2) is 24.5 Å². The van der Waals surface area contributed by atoms with E-state index >= 15 is 0 Å². The van der Waals surface area contributed by atoms with Gasteiger partial charge >= 0.3 is 0 Å². The number of pyridine rings is 2. The van der Waals surface area contributed by atoms with Crippen LogP contribution in [0.1, 0.15) is 39.3 Å². The molecule has 0 aromatic carbocycles. The zero-order chi connectivity index (χ0) is 19.4. The van der Waals surface area contributed by atoms with E-state index in [0.717, 1.165) is 18.5 Å². The number of amides is 1. The zero-order valence-electron chi connectivity index (χ0n) is 15.9. The number of carbonyl (C=O) groups is 1. The van der Waals surface area contributed by atoms with Gasteiger partial charge in [0.15, 0.2) is 0 Å². The van der Waals surface area contributed by atoms with E-state index in [0.29, 0.717) is 48.7 Å². The van der Waals surface area contributed by atoms with Crippen LogP contribution in [0.4, 0.5) is 0 Å². The number of aliphatic hydroxyl groups excluding tert-OH is 1. The molecule has 0 saturated carbocycles. The summed E-state index contributed by atoms with van der Waals surface area (Å²) in [5.74, 6) is 0.108. The van der Waals surface area contributed by atoms with Crippen LogP contribution >= 0.6 is 0 Å². The number of hydrogen-bond donors (Lipinski definition) is 2. The molecule has 2 aromatic heterocycles. The first-order chi connectivity index (χ1) is 13.0. The van der Waals surface area contributed by atoms with E-state index in [9.17, 15) is 15.0 Å². The Labute approximate surface area is 159 Å². The Morgan fingerprint density at radius 3 is 2.74 bits per heavy atom. The molecule has 2 N–H and O–H groups in total. The molecule has 0 atom stereocenters. The summed E-state index contributed by atoms with van der Waals surface area (Å²) in [6.07, 6.45) is 4.11. The fourth-order valence-corrected chi connectivity index (χ4v) is 3.41. The second-order valence-electron chi connectivity index (χ2n) is 6.94. The summed E-state index contributed by atoms with van der Waals surface area (Å²) in [7, 11) is 0. The minimum absolute atomic E-state index is 0.0337. The molecular weight excluding hydrogens is 344 g/mol. The number of aromatic nitrogens is 2. The van der Waals surface area contributed by atoms with Crippen molar-refractivity contribution in [2.45, 2.75) is 33.4 Å². The summed E-state index contributed by atoms with van der Waals surface area (Å²) in [5.41, 5.74) is 3.30. The van der Waals surface area contributed by atoms with Crippen LogP contribution in [0, 0.1) is 13.8 Å². The number of carbonyl (C=O) groups excluding carboxylic acids is 1. The number of aliphatic hydroxyl groups is 1. The summed E-state index contributed by atoms with van der Waals surface area (Å²) in [6, 6.07) is 3.73. The highest BCUT2D eigenvalue weighted by atomic mass is 16.3. The highest BCUT2D eigenvalue weighted by Crippen LogP contribution is 2.26. The number of rotatable bonds is 4. The van der Waals surface area contributed by atoms with Gasteiger partial charge in [-0.25, -0.2) is 0 Å². The van der Waals surface area contributed by atoms with Crippen molar-refractivity contribution < 1.29 is 15.0 Å². The van der Waals surface area contributed by atoms with Crippen molar-refractivity contribution in [3.05, 3.63) is 52.6 Å². The Morgan fingerprint density at radius 1 is 1.19 bits per heavy atom. The van der Waals surface area contributed by atoms with E-state index in [1.54, 1.807) is 19.3 Å². The summed E-state index contributed by atoms with van der Waals surface area (Å²) in [6.45, 7) is 6.81. The maximum atomic E-state index is 12.8. The van der Waals surface area contributed by atoms with Gasteiger partial charge in [-0.2, -0.15) is 0 Å². The molecule has 144 valence electrons. The van der Waals surface area contributed by atoms with Crippen molar-refractivity contribution in [3.8, 4) is 5.75 Å². The monoisotopic (exact) mass is 370 g/mol. The zero-order valence-corrected chi connectivity index (χ0v) is 15.9. The van der Waals surface area contributed by atoms with Crippen molar-refractivity contribution in [3.63, 3.8) is 0 Å². The smallest absolute Gasteiger partial charge is 0.272 e. The average Bonchev–Trinajstić information content (AvgIpc) is 2.91. The fourth-order valence-electron chi connectivity index (χ4n) is 3.41. The molecule has 2 aromatic rings. The van der Waals surface area contributed by atoms with Gasteiger partial charge in [0.2, 0.25) is 0 Å². The second kappa shape index (κ2) is 8.45. The molecule has 0 spiro atoms. The van der Waals surface area contributed by atoms with Crippen molar-refractivity contribution >= 4 is 5.91 Å². The van der Waals surface area contributed by atoms with Crippen LogP contribution in [0.3, 0.4) is 0 Å². The normalized spacial score (nSPS) is 15.6. The first-order valence-electron chi connectivity index (χ1n) is 9.21. The van der Waals surface area contributed by atoms with Crippen LogP contribution in [-0.4, -0.2) is 62.1 Å². The van der Waals surface area contributed by atoms with Gasteiger partial charge in [-0.3, -0.25) is 19.7 Å². The van der Waals surface area contributed by atoms with Crippen molar-refractivity contribution in [1.82, 2.24) is 19.8 Å². The maximum absolute atomic E-state index is 12.8. The van der Waals surface area contributed by atoms with Crippen LogP contribution < -0.4 is 0 Å². The molecule has 0 unspecified atom stereocenters. The summed E-state index contributed by atoms with van der Waals surface area (Å²) >= 11 is 0. The molecule has 3 heterocycles. The predicted molar refractivity (Wildman–Crippen MR) is 101 cm³/mol. The van der Waals surface area contributed by atoms with Crippen LogP contribution in [0.25, 0.3) is 0 Å². The fraction of sp³-hybridized carbons (Fsp3) is 0.450. The quantitative estimate of drug-likeness (QED) is 0.850. The van der Waals surface area contributed by atoms with Gasteiger partial charge in [-0.15, -0.1) is 0 Å². The predicted octanol–water partition coefficient (Wildman–Crippen LogP) is 1.64. The molecule has 0 radical (unpaired) electrons. The maximum Gasteiger partial charge on any atom is 0.272 e. The Kier molecular flexibility index (Phi) is 6.03. The van der Waals surface area contributed by atoms with Crippen LogP contribution in [0.2, 0.25) is 0 Å². The number of aromatic hydroxyl groups is 1. The van der Waals surface area contributed by atoms with Gasteiger partial charge in [-0.1, -0.05) is 6.07 Å². The largest absolute Gasteiger partial charge is 0.506 e. The standard InChI is InChI=1S/C20H26N4O3/c1-14-5-3-6-21-18(14)20(27)24-8-4-7-23(9-10-24)12-17-16(13-25)11-22-15(2)19(17)26/h3,5-6,11,25-26H,4,7-10,12-13H2,1-2H3. The van der Waals surface area contributed by atoms with E-state index in [2.05, 4.69) is 14.9 Å². The first kappa shape index (κ1) is 19.3. The average molecular weight is 370 g/mol. The Morgan fingerprint density at radius 2 is 2.00 bits per heavy atom. The van der Waals surface area contributed by atoms with Gasteiger partial charge in [0.05, 0.1) is 12.3 Å². The van der Waals surface area contributed by atoms with E-state index in [1.807, 2.05) is 24.0 Å². The van der Waals surface area contributed by atoms with Gasteiger partial charge in [0.25, 0.3) is 5.91 Å². The second-order valence-corrected chi connectivity index (χ2v) is 6.94. The summed E-state index contributed by atoms with van der Waals surface area (Å²) in [4.78, 5) is 25.2. The molecule has 0 aliphatic carbocycles. The van der Waals surface area contributed by atoms with Gasteiger partial charge in [0.1, 0.15) is 11.4 Å². The Bertz CT molecular complexity index is 825. The van der Waals surface area contributed by atoms with Crippen molar-refractivity contribution in [2.24, 2.45) is 0 Å². The minimum Gasteiger partial charge on any atom is -0.506 e. The highest BCUT2D eigenvalue weighted by molar-refractivity contribution is 5.93. The third-order valence-corrected chi connectivity index (χ3v) is 5.07. The lowest BCUT2D eigenvalue weighted by Crippen LogP contribution is -2.36. The van der Waals surface area contributed by atoms with E-state index in [4.69, 9.17) is 0 Å². The Hall–Kier alpha value is -2.51. The number of aryl methyl sites for hydroxylation is 2. The SMILES string of the molecule is Cc1cccnc1C(=O)N1CCCN(Cc2c(CO)cnc(C)c2O)CC1. The van der Waals surface area contributed by atoms with Crippen molar-refractivity contribution in [1.29, 1.82) is 0 Å². The molecule has 3 rings (SSSR count). The third kappa shape index (κ3) is 4.26. The molecule has 1 fully saturated rings. The number of hydrogen-bond acceptors (Lipinski definition) is 6. The summed E-state index contributed by atoms with van der Waals surface area (Å²) in [5, 5.41) is 19.9. The topological polar surface area (TPSA) is 89.8 Å². The lowest BCUT2D eigenvalue weighted by atomic mass is 10.1.